The second-order valence-corrected chi connectivity index (χ2v) is 7.18. The number of Topliss-reactive ketones (excluding diaryl/α,β-unsaturated/α-hetero) is 1. The minimum Gasteiger partial charge on any atom is -0.508 e. The molecule has 1 aromatic heterocycles. The molecular weight excluding hydrogens is 385 g/mol. The average molecular weight is 401 g/mol. The number of rotatable bonds is 2. The molecule has 5 rings (SSSR count). The Balaban J connectivity index is 1.69. The number of aryl methyl sites for hydroxylation is 1. The molecule has 3 aromatic carbocycles. The summed E-state index contributed by atoms with van der Waals surface area (Å²) < 4.78 is 21.4. The number of phenols is 2. The van der Waals surface area contributed by atoms with Crippen molar-refractivity contribution in [2.24, 2.45) is 7.05 Å². The highest BCUT2D eigenvalue weighted by molar-refractivity contribution is 6.17. The molecule has 148 valence electrons. The van der Waals surface area contributed by atoms with Gasteiger partial charge in [0.05, 0.1) is 0 Å². The van der Waals surface area contributed by atoms with Crippen LogP contribution in [0.25, 0.3) is 28.1 Å². The molecule has 1 aliphatic heterocycles. The summed E-state index contributed by atoms with van der Waals surface area (Å²) >= 11 is 0. The Labute approximate surface area is 170 Å². The molecule has 0 bridgehead atoms. The smallest absolute Gasteiger partial charge is 0.235 e. The van der Waals surface area contributed by atoms with Crippen molar-refractivity contribution >= 4 is 22.8 Å². The van der Waals surface area contributed by atoms with E-state index in [-0.39, 0.29) is 34.4 Å². The third-order valence-electron chi connectivity index (χ3n) is 5.20. The first kappa shape index (κ1) is 18.0. The Morgan fingerprint density at radius 2 is 1.87 bits per heavy atom. The molecule has 0 radical (unpaired) electrons. The molecule has 0 amide bonds. The number of fused-ring (bicyclic) bond motifs is 2. The molecule has 2 heterocycles. The van der Waals surface area contributed by atoms with E-state index in [0.29, 0.717) is 5.56 Å². The summed E-state index contributed by atoms with van der Waals surface area (Å²) in [5.74, 6) is -1.19. The molecule has 1 aliphatic rings. The number of hydrogen-bond acceptors (Lipinski definition) is 4. The number of phenolic OH excluding ortho intramolecular Hbond substituents is 2. The number of halogens is 1. The summed E-state index contributed by atoms with van der Waals surface area (Å²) in [6.45, 7) is 0. The van der Waals surface area contributed by atoms with Crippen LogP contribution in [0.4, 0.5) is 4.39 Å². The second kappa shape index (κ2) is 6.49. The van der Waals surface area contributed by atoms with Crippen molar-refractivity contribution < 1.29 is 24.1 Å². The van der Waals surface area contributed by atoms with Gasteiger partial charge in [-0.25, -0.2) is 4.39 Å². The van der Waals surface area contributed by atoms with Gasteiger partial charge >= 0.3 is 0 Å². The van der Waals surface area contributed by atoms with Crippen LogP contribution >= 0.6 is 0 Å². The van der Waals surface area contributed by atoms with Crippen molar-refractivity contribution in [3.63, 3.8) is 0 Å². The third-order valence-corrected chi connectivity index (χ3v) is 5.20. The maximum atomic E-state index is 13.8. The zero-order chi connectivity index (χ0) is 21.0. The lowest BCUT2D eigenvalue weighted by Gasteiger charge is -2.06. The Morgan fingerprint density at radius 1 is 1.07 bits per heavy atom. The molecule has 0 aliphatic carbocycles. The molecule has 5 nitrogen and oxygen atoms in total. The highest BCUT2D eigenvalue weighted by Gasteiger charge is 2.31. The Morgan fingerprint density at radius 3 is 2.67 bits per heavy atom. The van der Waals surface area contributed by atoms with Crippen LogP contribution in [-0.4, -0.2) is 20.6 Å². The molecule has 0 saturated heterocycles. The van der Waals surface area contributed by atoms with Crippen LogP contribution in [0, 0.1) is 5.82 Å². The number of nitrogens with zero attached hydrogens (tertiary/aromatic N) is 1. The van der Waals surface area contributed by atoms with Crippen LogP contribution in [0.2, 0.25) is 0 Å². The number of carbonyl (C=O) groups excluding carboxylic acids is 1. The van der Waals surface area contributed by atoms with Gasteiger partial charge in [-0.1, -0.05) is 24.3 Å². The van der Waals surface area contributed by atoms with E-state index in [4.69, 9.17) is 4.74 Å². The lowest BCUT2D eigenvalue weighted by Crippen LogP contribution is -1.98. The highest BCUT2D eigenvalue weighted by Crippen LogP contribution is 2.41. The first-order chi connectivity index (χ1) is 14.4. The van der Waals surface area contributed by atoms with E-state index in [0.717, 1.165) is 28.1 Å². The summed E-state index contributed by atoms with van der Waals surface area (Å²) in [4.78, 5) is 12.8. The van der Waals surface area contributed by atoms with Crippen molar-refractivity contribution in [3.05, 3.63) is 83.5 Å². The molecule has 0 unspecified atom stereocenters. The number of allylic oxidation sites excluding steroid dienone is 1. The zero-order valence-electron chi connectivity index (χ0n) is 15.9. The van der Waals surface area contributed by atoms with Crippen LogP contribution in [0.1, 0.15) is 15.9 Å². The minimum absolute atomic E-state index is 0.0182. The number of ether oxygens (including phenoxy) is 1. The van der Waals surface area contributed by atoms with Gasteiger partial charge < -0.3 is 19.5 Å². The van der Waals surface area contributed by atoms with E-state index >= 15 is 0 Å². The Hall–Kier alpha value is -4.06. The third kappa shape index (κ3) is 2.73. The van der Waals surface area contributed by atoms with Gasteiger partial charge in [0.1, 0.15) is 28.6 Å². The van der Waals surface area contributed by atoms with Gasteiger partial charge in [0.25, 0.3) is 0 Å². The predicted molar refractivity (Wildman–Crippen MR) is 111 cm³/mol. The van der Waals surface area contributed by atoms with Gasteiger partial charge in [0.2, 0.25) is 5.78 Å². The maximum absolute atomic E-state index is 13.8. The number of carbonyl (C=O) groups is 1. The number of aromatic nitrogens is 1. The SMILES string of the molecule is Cn1cc(C=C2Oc3cc(O)cc(O)c3C2=O)c2c(-c3cccc(F)c3)cccc21. The van der Waals surface area contributed by atoms with E-state index < -0.39 is 5.78 Å². The fourth-order valence-corrected chi connectivity index (χ4v) is 3.91. The van der Waals surface area contributed by atoms with E-state index in [9.17, 15) is 19.4 Å². The van der Waals surface area contributed by atoms with Crippen molar-refractivity contribution in [2.75, 3.05) is 0 Å². The average Bonchev–Trinajstić information content (AvgIpc) is 3.19. The number of hydrogen-bond donors (Lipinski definition) is 2. The molecule has 4 aromatic rings. The van der Waals surface area contributed by atoms with Gasteiger partial charge in [-0.3, -0.25) is 4.79 Å². The van der Waals surface area contributed by atoms with Crippen LogP contribution in [0.15, 0.2) is 66.6 Å². The van der Waals surface area contributed by atoms with E-state index in [1.165, 1.54) is 18.2 Å². The molecule has 6 heteroatoms. The summed E-state index contributed by atoms with van der Waals surface area (Å²) in [6, 6.07) is 14.5. The molecule has 0 spiro atoms. The standard InChI is InChI=1S/C24H16FNO4/c1-26-12-14(9-21-24(29)23-19(28)10-16(27)11-20(23)30-21)22-17(6-3-7-18(22)26)13-4-2-5-15(25)8-13/h2-12,27-28H,1H3. The zero-order valence-corrected chi connectivity index (χ0v) is 15.9. The fourth-order valence-electron chi connectivity index (χ4n) is 3.91. The number of ketones is 1. The van der Waals surface area contributed by atoms with Gasteiger partial charge in [0, 0.05) is 41.8 Å². The van der Waals surface area contributed by atoms with Gasteiger partial charge in [-0.05, 0) is 35.4 Å². The topological polar surface area (TPSA) is 71.7 Å². The normalized spacial score (nSPS) is 14.3. The Bertz CT molecular complexity index is 1380. The van der Waals surface area contributed by atoms with Crippen LogP contribution in [-0.2, 0) is 7.05 Å². The molecule has 0 fully saturated rings. The van der Waals surface area contributed by atoms with Crippen molar-refractivity contribution in [1.29, 1.82) is 0 Å². The van der Waals surface area contributed by atoms with Crippen LogP contribution < -0.4 is 4.74 Å². The second-order valence-electron chi connectivity index (χ2n) is 7.18. The van der Waals surface area contributed by atoms with Gasteiger partial charge in [-0.15, -0.1) is 0 Å². The highest BCUT2D eigenvalue weighted by atomic mass is 19.1. The van der Waals surface area contributed by atoms with E-state index in [1.54, 1.807) is 12.1 Å². The van der Waals surface area contributed by atoms with Crippen LogP contribution in [0.5, 0.6) is 17.2 Å². The summed E-state index contributed by atoms with van der Waals surface area (Å²) in [5, 5.41) is 20.5. The lowest BCUT2D eigenvalue weighted by molar-refractivity contribution is 0.101. The van der Waals surface area contributed by atoms with Crippen molar-refractivity contribution in [3.8, 4) is 28.4 Å². The molecule has 30 heavy (non-hydrogen) atoms. The van der Waals surface area contributed by atoms with Gasteiger partial charge in [0.15, 0.2) is 5.76 Å². The first-order valence-corrected chi connectivity index (χ1v) is 9.26. The quantitative estimate of drug-likeness (QED) is 0.463. The predicted octanol–water partition coefficient (Wildman–Crippen LogP) is 5.01. The number of benzene rings is 3. The van der Waals surface area contributed by atoms with Crippen molar-refractivity contribution in [1.82, 2.24) is 4.57 Å². The molecule has 0 atom stereocenters. The minimum atomic E-state index is -0.470. The lowest BCUT2D eigenvalue weighted by atomic mass is 9.98. The number of aromatic hydroxyl groups is 2. The van der Waals surface area contributed by atoms with Crippen LogP contribution in [0.3, 0.4) is 0 Å². The van der Waals surface area contributed by atoms with Crippen molar-refractivity contribution in [2.45, 2.75) is 0 Å². The molecule has 2 N–H and O–H groups in total. The summed E-state index contributed by atoms with van der Waals surface area (Å²) in [6.07, 6.45) is 3.46. The van der Waals surface area contributed by atoms with Gasteiger partial charge in [-0.2, -0.15) is 0 Å². The summed E-state index contributed by atoms with van der Waals surface area (Å²) in [7, 11) is 1.88. The fraction of sp³-hybridized carbons (Fsp3) is 0.0417. The monoisotopic (exact) mass is 401 g/mol. The largest absolute Gasteiger partial charge is 0.508 e. The Kier molecular flexibility index (Phi) is 3.89. The summed E-state index contributed by atoms with van der Waals surface area (Å²) in [5.41, 5.74) is 3.18. The first-order valence-electron chi connectivity index (χ1n) is 9.26. The molecule has 0 saturated carbocycles. The van der Waals surface area contributed by atoms with E-state index in [2.05, 4.69) is 0 Å². The molecular formula is C24H16FNO4. The maximum Gasteiger partial charge on any atom is 0.235 e. The van der Waals surface area contributed by atoms with E-state index in [1.807, 2.05) is 42.1 Å².